The highest BCUT2D eigenvalue weighted by Gasteiger charge is 2.34. The first kappa shape index (κ1) is 12.0. The molecule has 2 aliphatic rings. The first-order chi connectivity index (χ1) is 9.83. The van der Waals surface area contributed by atoms with Crippen LogP contribution in [0, 0.1) is 0 Å². The number of para-hydroxylation sites is 1. The largest absolute Gasteiger partial charge is 0.492 e. The van der Waals surface area contributed by atoms with Crippen molar-refractivity contribution in [2.75, 3.05) is 18.1 Å². The Balaban J connectivity index is 1.65. The third-order valence-corrected chi connectivity index (χ3v) is 4.74. The molecule has 0 amide bonds. The minimum atomic E-state index is -0.237. The minimum absolute atomic E-state index is 0.00661. The van der Waals surface area contributed by atoms with Crippen LogP contribution in [-0.2, 0) is 4.79 Å². The van der Waals surface area contributed by atoms with E-state index in [-0.39, 0.29) is 17.6 Å². The standard InChI is InChI=1S/C14H12N2O3S/c17-11-7-20-6-10(11)14-15-13(16-19-14)9-5-18-12-4-2-1-3-8(9)12/h1-4,9-10H,5-7H2. The Labute approximate surface area is 119 Å². The first-order valence-electron chi connectivity index (χ1n) is 6.48. The van der Waals surface area contributed by atoms with Gasteiger partial charge in [0, 0.05) is 11.3 Å². The molecule has 2 aliphatic heterocycles. The number of carbonyl (C=O) groups excluding carboxylic acids is 1. The number of carbonyl (C=O) groups is 1. The third kappa shape index (κ3) is 1.83. The molecule has 1 aromatic carbocycles. The average molecular weight is 288 g/mol. The van der Waals surface area contributed by atoms with Crippen molar-refractivity contribution in [3.63, 3.8) is 0 Å². The van der Waals surface area contributed by atoms with E-state index in [1.54, 1.807) is 11.8 Å². The van der Waals surface area contributed by atoms with E-state index in [2.05, 4.69) is 10.1 Å². The minimum Gasteiger partial charge on any atom is -0.492 e. The van der Waals surface area contributed by atoms with Gasteiger partial charge in [0.2, 0.25) is 5.89 Å². The van der Waals surface area contributed by atoms with Gasteiger partial charge in [-0.25, -0.2) is 0 Å². The quantitative estimate of drug-likeness (QED) is 0.842. The van der Waals surface area contributed by atoms with Crippen LogP contribution in [0.3, 0.4) is 0 Å². The van der Waals surface area contributed by atoms with E-state index >= 15 is 0 Å². The van der Waals surface area contributed by atoms with Crippen LogP contribution in [0.1, 0.15) is 29.1 Å². The van der Waals surface area contributed by atoms with Crippen molar-refractivity contribution in [2.45, 2.75) is 11.8 Å². The number of thioether (sulfide) groups is 1. The summed E-state index contributed by atoms with van der Waals surface area (Å²) in [5.74, 6) is 3.13. The molecule has 0 radical (unpaired) electrons. The molecule has 0 spiro atoms. The van der Waals surface area contributed by atoms with E-state index in [0.717, 1.165) is 17.1 Å². The van der Waals surface area contributed by atoms with E-state index in [9.17, 15) is 4.79 Å². The van der Waals surface area contributed by atoms with Gasteiger partial charge in [-0.3, -0.25) is 4.79 Å². The molecule has 2 aromatic rings. The second kappa shape index (κ2) is 4.63. The average Bonchev–Trinajstić information content (AvgIpc) is 3.15. The topological polar surface area (TPSA) is 65.2 Å². The van der Waals surface area contributed by atoms with Crippen molar-refractivity contribution in [1.82, 2.24) is 10.1 Å². The van der Waals surface area contributed by atoms with E-state index in [0.29, 0.717) is 24.1 Å². The smallest absolute Gasteiger partial charge is 0.238 e. The van der Waals surface area contributed by atoms with Crippen molar-refractivity contribution in [3.05, 3.63) is 41.5 Å². The lowest BCUT2D eigenvalue weighted by atomic mass is 10.0. The molecule has 0 bridgehead atoms. The van der Waals surface area contributed by atoms with Gasteiger partial charge < -0.3 is 9.26 Å². The zero-order valence-corrected chi connectivity index (χ0v) is 11.4. The van der Waals surface area contributed by atoms with Crippen LogP contribution in [0.2, 0.25) is 0 Å². The van der Waals surface area contributed by atoms with E-state index in [4.69, 9.17) is 9.26 Å². The number of hydrogen-bond acceptors (Lipinski definition) is 6. The number of rotatable bonds is 2. The maximum absolute atomic E-state index is 11.7. The second-order valence-corrected chi connectivity index (χ2v) is 5.96. The summed E-state index contributed by atoms with van der Waals surface area (Å²) < 4.78 is 10.9. The van der Waals surface area contributed by atoms with Crippen LogP contribution in [0.4, 0.5) is 0 Å². The predicted octanol–water partition coefficient (Wildman–Crippen LogP) is 1.99. The zero-order valence-electron chi connectivity index (χ0n) is 10.6. The van der Waals surface area contributed by atoms with Gasteiger partial charge >= 0.3 is 0 Å². The van der Waals surface area contributed by atoms with Crippen molar-refractivity contribution in [2.24, 2.45) is 0 Å². The molecule has 6 heteroatoms. The predicted molar refractivity (Wildman–Crippen MR) is 73.2 cm³/mol. The lowest BCUT2D eigenvalue weighted by Crippen LogP contribution is -2.10. The summed E-state index contributed by atoms with van der Waals surface area (Å²) >= 11 is 1.61. The summed E-state index contributed by atoms with van der Waals surface area (Å²) in [6.07, 6.45) is 0. The summed E-state index contributed by atoms with van der Waals surface area (Å²) in [4.78, 5) is 16.2. The zero-order chi connectivity index (χ0) is 13.5. The molecule has 0 aliphatic carbocycles. The molecule has 102 valence electrons. The van der Waals surface area contributed by atoms with Crippen LogP contribution in [0.15, 0.2) is 28.8 Å². The number of fused-ring (bicyclic) bond motifs is 1. The monoisotopic (exact) mass is 288 g/mol. The summed E-state index contributed by atoms with van der Waals surface area (Å²) in [6.45, 7) is 0.520. The van der Waals surface area contributed by atoms with Gasteiger partial charge in [0.15, 0.2) is 11.6 Å². The van der Waals surface area contributed by atoms with Crippen molar-refractivity contribution in [1.29, 1.82) is 0 Å². The van der Waals surface area contributed by atoms with Crippen LogP contribution < -0.4 is 4.74 Å². The summed E-state index contributed by atoms with van der Waals surface area (Å²) in [5.41, 5.74) is 1.08. The second-order valence-electron chi connectivity index (χ2n) is 4.93. The Morgan fingerprint density at radius 1 is 1.25 bits per heavy atom. The molecule has 20 heavy (non-hydrogen) atoms. The third-order valence-electron chi connectivity index (χ3n) is 3.68. The molecule has 1 aromatic heterocycles. The van der Waals surface area contributed by atoms with Gasteiger partial charge in [0.25, 0.3) is 0 Å². The summed E-state index contributed by atoms with van der Waals surface area (Å²) in [7, 11) is 0. The van der Waals surface area contributed by atoms with Gasteiger partial charge in [-0.05, 0) is 6.07 Å². The fourth-order valence-electron chi connectivity index (χ4n) is 2.59. The molecular weight excluding hydrogens is 276 g/mol. The fraction of sp³-hybridized carbons (Fsp3) is 0.357. The number of Topliss-reactive ketones (excluding diaryl/α,β-unsaturated/α-hetero) is 1. The molecule has 1 saturated heterocycles. The molecular formula is C14H12N2O3S. The van der Waals surface area contributed by atoms with E-state index in [1.807, 2.05) is 24.3 Å². The van der Waals surface area contributed by atoms with Crippen molar-refractivity contribution >= 4 is 17.5 Å². The van der Waals surface area contributed by atoms with Gasteiger partial charge in [-0.1, -0.05) is 23.4 Å². The van der Waals surface area contributed by atoms with Crippen LogP contribution in [-0.4, -0.2) is 34.0 Å². The molecule has 3 heterocycles. The Bertz CT molecular complexity index is 670. The SMILES string of the molecule is O=C1CSCC1c1nc(C2COc3ccccc32)no1. The van der Waals surface area contributed by atoms with Gasteiger partial charge in [-0.2, -0.15) is 16.7 Å². The number of ether oxygens (including phenoxy) is 1. The van der Waals surface area contributed by atoms with Gasteiger partial charge in [0.1, 0.15) is 18.3 Å². The van der Waals surface area contributed by atoms with E-state index in [1.165, 1.54) is 0 Å². The highest BCUT2D eigenvalue weighted by molar-refractivity contribution is 8.00. The first-order valence-corrected chi connectivity index (χ1v) is 7.64. The number of hydrogen-bond donors (Lipinski definition) is 0. The number of ketones is 1. The Kier molecular flexibility index (Phi) is 2.77. The number of aromatic nitrogens is 2. The van der Waals surface area contributed by atoms with Gasteiger partial charge in [0.05, 0.1) is 11.7 Å². The van der Waals surface area contributed by atoms with Crippen molar-refractivity contribution in [3.8, 4) is 5.75 Å². The molecule has 2 atom stereocenters. The summed E-state index contributed by atoms with van der Waals surface area (Å²) in [5, 5.41) is 4.05. The van der Waals surface area contributed by atoms with Crippen LogP contribution >= 0.6 is 11.8 Å². The number of nitrogens with zero attached hydrogens (tertiary/aromatic N) is 2. The van der Waals surface area contributed by atoms with Crippen molar-refractivity contribution < 1.29 is 14.1 Å². The van der Waals surface area contributed by atoms with Gasteiger partial charge in [-0.15, -0.1) is 0 Å². The Hall–Kier alpha value is -1.82. The Morgan fingerprint density at radius 2 is 2.15 bits per heavy atom. The summed E-state index contributed by atoms with van der Waals surface area (Å²) in [6, 6.07) is 7.86. The maximum Gasteiger partial charge on any atom is 0.238 e. The van der Waals surface area contributed by atoms with Crippen LogP contribution in [0.5, 0.6) is 5.75 Å². The molecule has 5 nitrogen and oxygen atoms in total. The Morgan fingerprint density at radius 3 is 3.00 bits per heavy atom. The lowest BCUT2D eigenvalue weighted by Gasteiger charge is -2.02. The molecule has 4 rings (SSSR count). The molecule has 0 saturated carbocycles. The number of benzene rings is 1. The molecule has 0 N–H and O–H groups in total. The van der Waals surface area contributed by atoms with E-state index < -0.39 is 0 Å². The molecule has 2 unspecified atom stereocenters. The molecule has 1 fully saturated rings. The normalized spacial score (nSPS) is 24.7. The van der Waals surface area contributed by atoms with Crippen LogP contribution in [0.25, 0.3) is 0 Å². The highest BCUT2D eigenvalue weighted by Crippen LogP contribution is 2.37. The maximum atomic E-state index is 11.7. The highest BCUT2D eigenvalue weighted by atomic mass is 32.2. The lowest BCUT2D eigenvalue weighted by molar-refractivity contribution is -0.117. The fourth-order valence-corrected chi connectivity index (χ4v) is 3.67.